The fraction of sp³-hybridized carbons (Fsp3) is 0.0909. The standard InChI is InChI=1S/C33H27Cl2N3O3/c1-22-8-16-30(25-6-4-3-5-7-25)38(22)27-13-11-26(12-14-27)33(39)37-36-20-23-10-17-31(32(19-23)40-2)41-21-24-9-15-28(34)29(35)18-24/h3-20H,21H2,1-2H3,(H,37,39)/b36-20+. The number of aromatic nitrogens is 1. The first kappa shape index (κ1) is 28.0. The summed E-state index contributed by atoms with van der Waals surface area (Å²) in [5.74, 6) is 0.785. The number of hydrogen-bond acceptors (Lipinski definition) is 4. The van der Waals surface area contributed by atoms with Crippen LogP contribution in [0.15, 0.2) is 108 Å². The molecule has 0 atom stereocenters. The Morgan fingerprint density at radius 3 is 2.39 bits per heavy atom. The van der Waals surface area contributed by atoms with Gasteiger partial charge in [0.15, 0.2) is 11.5 Å². The third-order valence-corrected chi connectivity index (χ3v) is 7.22. The van der Waals surface area contributed by atoms with Gasteiger partial charge in [0.1, 0.15) is 6.61 Å². The quantitative estimate of drug-likeness (QED) is 0.141. The van der Waals surface area contributed by atoms with Crippen molar-refractivity contribution in [2.45, 2.75) is 13.5 Å². The highest BCUT2D eigenvalue weighted by molar-refractivity contribution is 6.42. The number of rotatable bonds is 9. The highest BCUT2D eigenvalue weighted by atomic mass is 35.5. The number of aryl methyl sites for hydroxylation is 1. The Bertz CT molecular complexity index is 1700. The molecule has 6 nitrogen and oxygen atoms in total. The minimum absolute atomic E-state index is 0.299. The number of nitrogens with zero attached hydrogens (tertiary/aromatic N) is 2. The second kappa shape index (κ2) is 12.8. The van der Waals surface area contributed by atoms with Crippen molar-refractivity contribution in [1.29, 1.82) is 0 Å². The summed E-state index contributed by atoms with van der Waals surface area (Å²) in [7, 11) is 1.56. The van der Waals surface area contributed by atoms with Crippen molar-refractivity contribution in [3.63, 3.8) is 0 Å². The largest absolute Gasteiger partial charge is 0.493 e. The molecule has 0 saturated heterocycles. The Morgan fingerprint density at radius 2 is 1.66 bits per heavy atom. The van der Waals surface area contributed by atoms with Gasteiger partial charge in [-0.05, 0) is 90.3 Å². The number of amides is 1. The van der Waals surface area contributed by atoms with Crippen LogP contribution in [0.3, 0.4) is 0 Å². The normalized spacial score (nSPS) is 11.0. The van der Waals surface area contributed by atoms with Crippen molar-refractivity contribution in [2.75, 3.05) is 7.11 Å². The van der Waals surface area contributed by atoms with E-state index in [9.17, 15) is 4.79 Å². The maximum atomic E-state index is 12.7. The van der Waals surface area contributed by atoms with Crippen molar-refractivity contribution in [3.8, 4) is 28.4 Å². The van der Waals surface area contributed by atoms with Crippen LogP contribution in [0.5, 0.6) is 11.5 Å². The van der Waals surface area contributed by atoms with E-state index in [0.717, 1.165) is 33.8 Å². The van der Waals surface area contributed by atoms with Crippen molar-refractivity contribution in [1.82, 2.24) is 9.99 Å². The summed E-state index contributed by atoms with van der Waals surface area (Å²) in [6.07, 6.45) is 1.55. The van der Waals surface area contributed by atoms with E-state index in [1.165, 1.54) is 0 Å². The first-order valence-corrected chi connectivity index (χ1v) is 13.6. The van der Waals surface area contributed by atoms with Crippen LogP contribution >= 0.6 is 23.2 Å². The molecule has 1 heterocycles. The Kier molecular flexibility index (Phi) is 8.73. The van der Waals surface area contributed by atoms with Crippen molar-refractivity contribution in [3.05, 3.63) is 136 Å². The zero-order valence-corrected chi connectivity index (χ0v) is 24.0. The Morgan fingerprint density at radius 1 is 0.878 bits per heavy atom. The number of hydrazone groups is 1. The molecule has 0 fully saturated rings. The van der Waals surface area contributed by atoms with Gasteiger partial charge in [0.05, 0.1) is 29.1 Å². The summed E-state index contributed by atoms with van der Waals surface area (Å²) in [5.41, 5.74) is 8.99. The van der Waals surface area contributed by atoms with Gasteiger partial charge in [0.25, 0.3) is 5.91 Å². The minimum Gasteiger partial charge on any atom is -0.493 e. The molecule has 5 rings (SSSR count). The predicted molar refractivity (Wildman–Crippen MR) is 165 cm³/mol. The van der Waals surface area contributed by atoms with Crippen LogP contribution in [0.4, 0.5) is 0 Å². The molecule has 5 aromatic rings. The van der Waals surface area contributed by atoms with Crippen molar-refractivity contribution < 1.29 is 14.3 Å². The van der Waals surface area contributed by atoms with E-state index < -0.39 is 0 Å². The lowest BCUT2D eigenvalue weighted by Crippen LogP contribution is -2.17. The molecule has 0 aliphatic rings. The summed E-state index contributed by atoms with van der Waals surface area (Å²) in [5, 5.41) is 5.08. The molecular formula is C33H27Cl2N3O3. The lowest BCUT2D eigenvalue weighted by atomic mass is 10.1. The van der Waals surface area contributed by atoms with E-state index in [1.807, 2.05) is 42.5 Å². The predicted octanol–water partition coefficient (Wildman–Crippen LogP) is 8.11. The number of carbonyl (C=O) groups is 1. The molecule has 0 aliphatic heterocycles. The summed E-state index contributed by atoms with van der Waals surface area (Å²) in [6, 6.07) is 32.6. The molecule has 1 aromatic heterocycles. The average Bonchev–Trinajstić information content (AvgIpc) is 3.39. The lowest BCUT2D eigenvalue weighted by Gasteiger charge is -2.13. The number of benzene rings is 4. The van der Waals surface area contributed by atoms with Crippen LogP contribution in [0.2, 0.25) is 10.0 Å². The Balaban J connectivity index is 1.22. The van der Waals surface area contributed by atoms with Crippen LogP contribution in [0.25, 0.3) is 16.9 Å². The van der Waals surface area contributed by atoms with Crippen LogP contribution in [0, 0.1) is 6.92 Å². The minimum atomic E-state index is -0.311. The maximum Gasteiger partial charge on any atom is 0.271 e. The number of carbonyl (C=O) groups excluding carboxylic acids is 1. The van der Waals surface area contributed by atoms with Gasteiger partial charge in [-0.2, -0.15) is 5.10 Å². The molecule has 0 radical (unpaired) electrons. The lowest BCUT2D eigenvalue weighted by molar-refractivity contribution is 0.0955. The van der Waals surface area contributed by atoms with E-state index in [-0.39, 0.29) is 5.91 Å². The van der Waals surface area contributed by atoms with Crippen molar-refractivity contribution in [2.24, 2.45) is 5.10 Å². The zero-order valence-electron chi connectivity index (χ0n) is 22.5. The summed E-state index contributed by atoms with van der Waals surface area (Å²) in [6.45, 7) is 2.36. The van der Waals surface area contributed by atoms with E-state index in [2.05, 4.69) is 46.3 Å². The Hall–Kier alpha value is -4.52. The molecule has 1 amide bonds. The third kappa shape index (κ3) is 6.62. The summed E-state index contributed by atoms with van der Waals surface area (Å²) >= 11 is 12.1. The molecule has 206 valence electrons. The molecule has 0 saturated carbocycles. The summed E-state index contributed by atoms with van der Waals surface area (Å²) in [4.78, 5) is 12.7. The van der Waals surface area contributed by atoms with E-state index in [0.29, 0.717) is 33.7 Å². The number of hydrogen-bond donors (Lipinski definition) is 1. The van der Waals surface area contributed by atoms with Crippen LogP contribution in [-0.4, -0.2) is 23.8 Å². The molecule has 0 unspecified atom stereocenters. The van der Waals surface area contributed by atoms with Crippen LogP contribution < -0.4 is 14.9 Å². The van der Waals surface area contributed by atoms with Gasteiger partial charge in [-0.1, -0.05) is 59.6 Å². The van der Waals surface area contributed by atoms with Gasteiger partial charge in [-0.3, -0.25) is 4.79 Å². The van der Waals surface area contributed by atoms with Gasteiger partial charge in [0.2, 0.25) is 0 Å². The monoisotopic (exact) mass is 583 g/mol. The average molecular weight is 585 g/mol. The number of methoxy groups -OCH3 is 1. The molecule has 0 spiro atoms. The van der Waals surface area contributed by atoms with Crippen LogP contribution in [0.1, 0.15) is 27.2 Å². The smallest absolute Gasteiger partial charge is 0.271 e. The van der Waals surface area contributed by atoms with E-state index in [4.69, 9.17) is 32.7 Å². The third-order valence-electron chi connectivity index (χ3n) is 6.48. The van der Waals surface area contributed by atoms with E-state index >= 15 is 0 Å². The first-order valence-electron chi connectivity index (χ1n) is 12.9. The van der Waals surface area contributed by atoms with Gasteiger partial charge in [0, 0.05) is 16.9 Å². The van der Waals surface area contributed by atoms with Crippen LogP contribution in [-0.2, 0) is 6.61 Å². The fourth-order valence-corrected chi connectivity index (χ4v) is 4.70. The first-order chi connectivity index (χ1) is 19.9. The van der Waals surface area contributed by atoms with Gasteiger partial charge in [-0.25, -0.2) is 5.43 Å². The maximum absolute atomic E-state index is 12.7. The summed E-state index contributed by atoms with van der Waals surface area (Å²) < 4.78 is 13.5. The molecule has 41 heavy (non-hydrogen) atoms. The van der Waals surface area contributed by atoms with Gasteiger partial charge >= 0.3 is 0 Å². The molecule has 8 heteroatoms. The van der Waals surface area contributed by atoms with Crippen molar-refractivity contribution >= 4 is 35.3 Å². The topological polar surface area (TPSA) is 64.8 Å². The SMILES string of the molecule is COc1cc(/C=N/NC(=O)c2ccc(-n3c(C)ccc3-c3ccccc3)cc2)ccc1OCc1ccc(Cl)c(Cl)c1. The molecular weight excluding hydrogens is 557 g/mol. The second-order valence-corrected chi connectivity index (χ2v) is 10.1. The molecule has 0 aliphatic carbocycles. The highest BCUT2D eigenvalue weighted by Gasteiger charge is 2.11. The molecule has 1 N–H and O–H groups in total. The molecule has 0 bridgehead atoms. The number of nitrogens with one attached hydrogen (secondary N) is 1. The highest BCUT2D eigenvalue weighted by Crippen LogP contribution is 2.30. The van der Waals surface area contributed by atoms with E-state index in [1.54, 1.807) is 49.7 Å². The number of halogens is 2. The zero-order chi connectivity index (χ0) is 28.8. The Labute approximate surface area is 248 Å². The fourth-order valence-electron chi connectivity index (χ4n) is 4.38. The second-order valence-electron chi connectivity index (χ2n) is 9.25. The van der Waals surface area contributed by atoms with Gasteiger partial charge in [-0.15, -0.1) is 0 Å². The number of ether oxygens (including phenoxy) is 2. The molecule has 4 aromatic carbocycles. The van der Waals surface area contributed by atoms with Gasteiger partial charge < -0.3 is 14.0 Å².